The highest BCUT2D eigenvalue weighted by molar-refractivity contribution is 5.64. The number of methoxy groups -OCH3 is 1. The third-order valence-corrected chi connectivity index (χ3v) is 3.84. The first kappa shape index (κ1) is 13.7. The molecule has 1 aromatic carbocycles. The van der Waals surface area contributed by atoms with Crippen molar-refractivity contribution >= 4 is 5.82 Å². The van der Waals surface area contributed by atoms with Gasteiger partial charge in [0.05, 0.1) is 19.4 Å². The molecule has 2 N–H and O–H groups in total. The summed E-state index contributed by atoms with van der Waals surface area (Å²) in [5.74, 6) is 2.57. The van der Waals surface area contributed by atoms with Crippen molar-refractivity contribution in [2.24, 2.45) is 5.92 Å². The molecule has 0 aliphatic heterocycles. The lowest BCUT2D eigenvalue weighted by Crippen LogP contribution is -2.19. The second kappa shape index (κ2) is 5.99. The van der Waals surface area contributed by atoms with E-state index in [0.717, 1.165) is 29.4 Å². The summed E-state index contributed by atoms with van der Waals surface area (Å²) in [5, 5.41) is 7.98. The number of rotatable bonds is 5. The predicted octanol–water partition coefficient (Wildman–Crippen LogP) is 2.91. The van der Waals surface area contributed by atoms with Gasteiger partial charge in [0.1, 0.15) is 5.82 Å². The van der Waals surface area contributed by atoms with Crippen molar-refractivity contribution in [3.8, 4) is 22.8 Å². The SMILES string of the molecule is COc1ccc(-c2ccc(N)nn2)cc1OCC1CCC1. The lowest BCUT2D eigenvalue weighted by molar-refractivity contribution is 0.176. The van der Waals surface area contributed by atoms with Crippen molar-refractivity contribution in [2.45, 2.75) is 19.3 Å². The van der Waals surface area contributed by atoms with Gasteiger partial charge in [0.2, 0.25) is 0 Å². The Hall–Kier alpha value is -2.30. The van der Waals surface area contributed by atoms with Gasteiger partial charge in [-0.05, 0) is 49.1 Å². The van der Waals surface area contributed by atoms with E-state index in [9.17, 15) is 0 Å². The second-order valence-corrected chi connectivity index (χ2v) is 5.32. The van der Waals surface area contributed by atoms with E-state index in [2.05, 4.69) is 10.2 Å². The zero-order chi connectivity index (χ0) is 14.7. The summed E-state index contributed by atoms with van der Waals surface area (Å²) in [6.45, 7) is 0.743. The van der Waals surface area contributed by atoms with Crippen LogP contribution in [0, 0.1) is 5.92 Å². The Morgan fingerprint density at radius 3 is 2.62 bits per heavy atom. The zero-order valence-corrected chi connectivity index (χ0v) is 12.1. The fourth-order valence-corrected chi connectivity index (χ4v) is 2.31. The average Bonchev–Trinajstić information content (AvgIpc) is 2.46. The molecule has 5 heteroatoms. The molecule has 0 unspecified atom stereocenters. The van der Waals surface area contributed by atoms with Crippen LogP contribution in [0.3, 0.4) is 0 Å². The third kappa shape index (κ3) is 3.07. The van der Waals surface area contributed by atoms with Crippen molar-refractivity contribution in [2.75, 3.05) is 19.5 Å². The minimum absolute atomic E-state index is 0.411. The maximum Gasteiger partial charge on any atom is 0.161 e. The number of anilines is 1. The Balaban J connectivity index is 1.82. The molecule has 0 amide bonds. The number of hydrogen-bond acceptors (Lipinski definition) is 5. The smallest absolute Gasteiger partial charge is 0.161 e. The summed E-state index contributed by atoms with van der Waals surface area (Å²) in [5.41, 5.74) is 7.27. The van der Waals surface area contributed by atoms with Gasteiger partial charge in [-0.25, -0.2) is 0 Å². The monoisotopic (exact) mass is 285 g/mol. The molecule has 1 fully saturated rings. The van der Waals surface area contributed by atoms with Gasteiger partial charge in [0.15, 0.2) is 11.5 Å². The fourth-order valence-electron chi connectivity index (χ4n) is 2.31. The van der Waals surface area contributed by atoms with Crippen LogP contribution in [0.4, 0.5) is 5.82 Å². The molecule has 1 heterocycles. The summed E-state index contributed by atoms with van der Waals surface area (Å²) in [6.07, 6.45) is 3.82. The maximum atomic E-state index is 5.92. The summed E-state index contributed by atoms with van der Waals surface area (Å²) >= 11 is 0. The van der Waals surface area contributed by atoms with Crippen molar-refractivity contribution in [1.29, 1.82) is 0 Å². The quantitative estimate of drug-likeness (QED) is 0.914. The van der Waals surface area contributed by atoms with E-state index >= 15 is 0 Å². The molecule has 1 aliphatic rings. The van der Waals surface area contributed by atoms with E-state index in [1.165, 1.54) is 19.3 Å². The first-order chi connectivity index (χ1) is 10.3. The lowest BCUT2D eigenvalue weighted by Gasteiger charge is -2.25. The van der Waals surface area contributed by atoms with Crippen molar-refractivity contribution in [3.63, 3.8) is 0 Å². The number of nitrogens with zero attached hydrogens (tertiary/aromatic N) is 2. The maximum absolute atomic E-state index is 5.92. The Morgan fingerprint density at radius 2 is 2.00 bits per heavy atom. The Labute approximate surface area is 124 Å². The first-order valence-corrected chi connectivity index (χ1v) is 7.16. The third-order valence-electron chi connectivity index (χ3n) is 3.84. The normalized spacial score (nSPS) is 14.5. The number of nitrogen functional groups attached to an aromatic ring is 1. The minimum atomic E-state index is 0.411. The van der Waals surface area contributed by atoms with E-state index in [4.69, 9.17) is 15.2 Å². The highest BCUT2D eigenvalue weighted by atomic mass is 16.5. The highest BCUT2D eigenvalue weighted by Crippen LogP contribution is 2.34. The van der Waals surface area contributed by atoms with Crippen LogP contribution in [0.25, 0.3) is 11.3 Å². The first-order valence-electron chi connectivity index (χ1n) is 7.16. The van der Waals surface area contributed by atoms with Gasteiger partial charge in [-0.3, -0.25) is 0 Å². The van der Waals surface area contributed by atoms with Crippen LogP contribution < -0.4 is 15.2 Å². The zero-order valence-electron chi connectivity index (χ0n) is 12.1. The summed E-state index contributed by atoms with van der Waals surface area (Å²) in [6, 6.07) is 9.36. The average molecular weight is 285 g/mol. The topological polar surface area (TPSA) is 70.3 Å². The molecule has 0 atom stereocenters. The molecule has 2 aromatic rings. The van der Waals surface area contributed by atoms with Crippen LogP contribution in [-0.4, -0.2) is 23.9 Å². The van der Waals surface area contributed by atoms with Crippen molar-refractivity contribution < 1.29 is 9.47 Å². The van der Waals surface area contributed by atoms with Crippen molar-refractivity contribution in [3.05, 3.63) is 30.3 Å². The van der Waals surface area contributed by atoms with Crippen LogP contribution in [0.2, 0.25) is 0 Å². The molecule has 110 valence electrons. The standard InChI is InChI=1S/C16H19N3O2/c1-20-14-7-5-12(13-6-8-16(17)19-18-13)9-15(14)21-10-11-3-2-4-11/h5-9,11H,2-4,10H2,1H3,(H2,17,19). The van der Waals surface area contributed by atoms with Gasteiger partial charge in [-0.15, -0.1) is 10.2 Å². The van der Waals surface area contributed by atoms with E-state index in [1.54, 1.807) is 13.2 Å². The van der Waals surface area contributed by atoms with Crippen LogP contribution in [0.15, 0.2) is 30.3 Å². The molecule has 0 spiro atoms. The summed E-state index contributed by atoms with van der Waals surface area (Å²) < 4.78 is 11.3. The van der Waals surface area contributed by atoms with E-state index in [0.29, 0.717) is 11.7 Å². The number of aromatic nitrogens is 2. The summed E-state index contributed by atoms with van der Waals surface area (Å²) in [7, 11) is 1.65. The van der Waals surface area contributed by atoms with Gasteiger partial charge in [-0.1, -0.05) is 6.42 Å². The van der Waals surface area contributed by atoms with Gasteiger partial charge >= 0.3 is 0 Å². The number of ether oxygens (including phenoxy) is 2. The summed E-state index contributed by atoms with van der Waals surface area (Å²) in [4.78, 5) is 0. The molecular formula is C16H19N3O2. The van der Waals surface area contributed by atoms with E-state index < -0.39 is 0 Å². The highest BCUT2D eigenvalue weighted by Gasteiger charge is 2.19. The largest absolute Gasteiger partial charge is 0.493 e. The molecule has 0 radical (unpaired) electrons. The molecule has 1 saturated carbocycles. The van der Waals surface area contributed by atoms with Gasteiger partial charge in [0, 0.05) is 5.56 Å². The molecule has 1 aromatic heterocycles. The fraction of sp³-hybridized carbons (Fsp3) is 0.375. The van der Waals surface area contributed by atoms with Gasteiger partial charge < -0.3 is 15.2 Å². The van der Waals surface area contributed by atoms with Crippen LogP contribution in [0.1, 0.15) is 19.3 Å². The number of nitrogens with two attached hydrogens (primary N) is 1. The predicted molar refractivity (Wildman–Crippen MR) is 81.3 cm³/mol. The Kier molecular flexibility index (Phi) is 3.90. The number of benzene rings is 1. The number of hydrogen-bond donors (Lipinski definition) is 1. The molecule has 21 heavy (non-hydrogen) atoms. The molecule has 0 saturated heterocycles. The molecule has 0 bridgehead atoms. The molecule has 1 aliphatic carbocycles. The molecular weight excluding hydrogens is 266 g/mol. The minimum Gasteiger partial charge on any atom is -0.493 e. The van der Waals surface area contributed by atoms with Crippen LogP contribution in [-0.2, 0) is 0 Å². The second-order valence-electron chi connectivity index (χ2n) is 5.32. The van der Waals surface area contributed by atoms with Crippen LogP contribution in [0.5, 0.6) is 11.5 Å². The van der Waals surface area contributed by atoms with Crippen LogP contribution >= 0.6 is 0 Å². The molecule has 5 nitrogen and oxygen atoms in total. The molecule has 3 rings (SSSR count). The van der Waals surface area contributed by atoms with E-state index in [-0.39, 0.29) is 0 Å². The Bertz CT molecular complexity index is 609. The Morgan fingerprint density at radius 1 is 1.14 bits per heavy atom. The lowest BCUT2D eigenvalue weighted by atomic mass is 9.86. The van der Waals surface area contributed by atoms with E-state index in [1.807, 2.05) is 24.3 Å². The van der Waals surface area contributed by atoms with Gasteiger partial charge in [-0.2, -0.15) is 0 Å². The van der Waals surface area contributed by atoms with Crippen molar-refractivity contribution in [1.82, 2.24) is 10.2 Å². The van der Waals surface area contributed by atoms with Gasteiger partial charge in [0.25, 0.3) is 0 Å².